The van der Waals surface area contributed by atoms with Gasteiger partial charge in [-0.15, -0.1) is 5.10 Å². The number of nitrogen functional groups attached to an aromatic ring is 1. The molecule has 0 aliphatic rings. The van der Waals surface area contributed by atoms with Crippen LogP contribution in [0.3, 0.4) is 0 Å². The molecular formula is C12H11ClFN5. The van der Waals surface area contributed by atoms with E-state index in [1.165, 1.54) is 16.8 Å². The van der Waals surface area contributed by atoms with Crippen molar-refractivity contribution in [3.05, 3.63) is 34.6 Å². The molecule has 0 aliphatic heterocycles. The molecule has 3 N–H and O–H groups in total. The largest absolute Gasteiger partial charge is 0.382 e. The Kier molecular flexibility index (Phi) is 3.58. The predicted octanol–water partition coefficient (Wildman–Crippen LogP) is 2.55. The molecule has 5 nitrogen and oxygen atoms in total. The van der Waals surface area contributed by atoms with Crippen LogP contribution in [-0.2, 0) is 0 Å². The Balaban J connectivity index is 2.56. The molecule has 2 rings (SSSR count). The molecular weight excluding hydrogens is 269 g/mol. The first-order chi connectivity index (χ1) is 9.08. The van der Waals surface area contributed by atoms with Crippen molar-refractivity contribution in [2.75, 3.05) is 17.6 Å². The molecule has 0 atom stereocenters. The second-order valence-corrected chi connectivity index (χ2v) is 4.17. The fourth-order valence-corrected chi connectivity index (χ4v) is 1.76. The first-order valence-corrected chi connectivity index (χ1v) is 5.94. The van der Waals surface area contributed by atoms with E-state index in [0.717, 1.165) is 0 Å². The maximum absolute atomic E-state index is 13.4. The second-order valence-electron chi connectivity index (χ2n) is 3.76. The van der Waals surface area contributed by atoms with Crippen LogP contribution in [-0.4, -0.2) is 16.3 Å². The fraction of sp³-hybridized carbons (Fsp3) is 0.167. The Morgan fingerprint density at radius 3 is 2.89 bits per heavy atom. The molecule has 7 heteroatoms. The Morgan fingerprint density at radius 1 is 1.58 bits per heavy atom. The summed E-state index contributed by atoms with van der Waals surface area (Å²) in [5.74, 6) is -0.0457. The molecule has 19 heavy (non-hydrogen) atoms. The molecule has 0 unspecified atom stereocenters. The van der Waals surface area contributed by atoms with Crippen molar-refractivity contribution in [1.82, 2.24) is 9.78 Å². The van der Waals surface area contributed by atoms with Crippen LogP contribution >= 0.6 is 11.6 Å². The lowest BCUT2D eigenvalue weighted by molar-refractivity contribution is 0.626. The lowest BCUT2D eigenvalue weighted by Crippen LogP contribution is -2.03. The molecule has 0 saturated carbocycles. The third-order valence-electron chi connectivity index (χ3n) is 2.52. The number of hydrogen-bond donors (Lipinski definition) is 2. The summed E-state index contributed by atoms with van der Waals surface area (Å²) in [5.41, 5.74) is 6.48. The Labute approximate surface area is 114 Å². The van der Waals surface area contributed by atoms with Gasteiger partial charge in [0.25, 0.3) is 0 Å². The number of nitriles is 1. The molecule has 2 aromatic rings. The SMILES string of the molecule is CCNc1nn(-c2ccc(Cl)c(F)c2)c(N)c1C#N. The average molecular weight is 280 g/mol. The molecule has 0 amide bonds. The smallest absolute Gasteiger partial charge is 0.168 e. The maximum atomic E-state index is 13.4. The third kappa shape index (κ3) is 2.33. The van der Waals surface area contributed by atoms with E-state index in [2.05, 4.69) is 10.4 Å². The van der Waals surface area contributed by atoms with Gasteiger partial charge in [0.2, 0.25) is 0 Å². The number of anilines is 2. The van der Waals surface area contributed by atoms with Crippen molar-refractivity contribution >= 4 is 23.2 Å². The molecule has 0 fully saturated rings. The lowest BCUT2D eigenvalue weighted by Gasteiger charge is -2.04. The molecule has 0 saturated heterocycles. The highest BCUT2D eigenvalue weighted by Crippen LogP contribution is 2.25. The summed E-state index contributed by atoms with van der Waals surface area (Å²) < 4.78 is 14.7. The number of rotatable bonds is 3. The monoisotopic (exact) mass is 279 g/mol. The van der Waals surface area contributed by atoms with Crippen LogP contribution < -0.4 is 11.1 Å². The molecule has 0 bridgehead atoms. The van der Waals surface area contributed by atoms with Gasteiger partial charge in [0.05, 0.1) is 10.7 Å². The van der Waals surface area contributed by atoms with Crippen molar-refractivity contribution in [2.24, 2.45) is 0 Å². The summed E-state index contributed by atoms with van der Waals surface area (Å²) in [6, 6.07) is 6.17. The number of nitrogens with two attached hydrogens (primary N) is 1. The van der Waals surface area contributed by atoms with Gasteiger partial charge in [0, 0.05) is 12.6 Å². The fourth-order valence-electron chi connectivity index (χ4n) is 1.65. The summed E-state index contributed by atoms with van der Waals surface area (Å²) in [6.45, 7) is 2.47. The van der Waals surface area contributed by atoms with E-state index < -0.39 is 5.82 Å². The highest BCUT2D eigenvalue weighted by molar-refractivity contribution is 6.30. The molecule has 0 spiro atoms. The molecule has 1 heterocycles. The van der Waals surface area contributed by atoms with E-state index in [1.807, 2.05) is 13.0 Å². The number of nitrogens with zero attached hydrogens (tertiary/aromatic N) is 3. The van der Waals surface area contributed by atoms with E-state index in [9.17, 15) is 4.39 Å². The van der Waals surface area contributed by atoms with Gasteiger partial charge < -0.3 is 11.1 Å². The zero-order chi connectivity index (χ0) is 14.0. The van der Waals surface area contributed by atoms with Gasteiger partial charge in [0.15, 0.2) is 5.82 Å². The number of halogens is 2. The van der Waals surface area contributed by atoms with Gasteiger partial charge in [-0.1, -0.05) is 11.6 Å². The van der Waals surface area contributed by atoms with Crippen LogP contribution in [0, 0.1) is 17.1 Å². The van der Waals surface area contributed by atoms with Crippen LogP contribution in [0.5, 0.6) is 0 Å². The minimum absolute atomic E-state index is 0.0156. The third-order valence-corrected chi connectivity index (χ3v) is 2.83. The zero-order valence-corrected chi connectivity index (χ0v) is 10.9. The Hall–Kier alpha value is -2.26. The Bertz CT molecular complexity index is 659. The van der Waals surface area contributed by atoms with E-state index in [4.69, 9.17) is 22.6 Å². The van der Waals surface area contributed by atoms with Crippen LogP contribution in [0.4, 0.5) is 16.0 Å². The van der Waals surface area contributed by atoms with Gasteiger partial charge >= 0.3 is 0 Å². The first kappa shape index (κ1) is 13.2. The summed E-state index contributed by atoms with van der Waals surface area (Å²) >= 11 is 5.62. The standard InChI is InChI=1S/C12H11ClFN5/c1-2-17-12-8(6-15)11(16)19(18-12)7-3-4-9(13)10(14)5-7/h3-5H,2,16H2,1H3,(H,17,18). The molecule has 0 aliphatic carbocycles. The number of hydrogen-bond acceptors (Lipinski definition) is 4. The normalized spacial score (nSPS) is 10.2. The van der Waals surface area contributed by atoms with Crippen molar-refractivity contribution in [3.63, 3.8) is 0 Å². The van der Waals surface area contributed by atoms with Gasteiger partial charge in [0.1, 0.15) is 23.3 Å². The molecule has 0 radical (unpaired) electrons. The maximum Gasteiger partial charge on any atom is 0.168 e. The minimum atomic E-state index is -0.572. The quantitative estimate of drug-likeness (QED) is 0.905. The molecule has 1 aromatic heterocycles. The average Bonchev–Trinajstić information content (AvgIpc) is 2.70. The van der Waals surface area contributed by atoms with E-state index in [1.54, 1.807) is 6.07 Å². The molecule has 98 valence electrons. The molecule has 1 aromatic carbocycles. The minimum Gasteiger partial charge on any atom is -0.382 e. The first-order valence-electron chi connectivity index (χ1n) is 5.56. The summed E-state index contributed by atoms with van der Waals surface area (Å²) in [5, 5.41) is 16.2. The summed E-state index contributed by atoms with van der Waals surface area (Å²) in [7, 11) is 0. The summed E-state index contributed by atoms with van der Waals surface area (Å²) in [4.78, 5) is 0. The lowest BCUT2D eigenvalue weighted by atomic mass is 10.3. The highest BCUT2D eigenvalue weighted by Gasteiger charge is 2.16. The summed E-state index contributed by atoms with van der Waals surface area (Å²) in [6.07, 6.45) is 0. The van der Waals surface area contributed by atoms with E-state index in [0.29, 0.717) is 18.1 Å². The predicted molar refractivity (Wildman–Crippen MR) is 71.8 cm³/mol. The topological polar surface area (TPSA) is 79.7 Å². The number of benzene rings is 1. The van der Waals surface area contributed by atoms with Crippen LogP contribution in [0.2, 0.25) is 5.02 Å². The Morgan fingerprint density at radius 2 is 2.32 bits per heavy atom. The zero-order valence-electron chi connectivity index (χ0n) is 10.1. The van der Waals surface area contributed by atoms with E-state index in [-0.39, 0.29) is 16.4 Å². The van der Waals surface area contributed by atoms with Crippen molar-refractivity contribution < 1.29 is 4.39 Å². The second kappa shape index (κ2) is 5.16. The highest BCUT2D eigenvalue weighted by atomic mass is 35.5. The number of aromatic nitrogens is 2. The van der Waals surface area contributed by atoms with Crippen molar-refractivity contribution in [2.45, 2.75) is 6.92 Å². The van der Waals surface area contributed by atoms with E-state index >= 15 is 0 Å². The van der Waals surface area contributed by atoms with Gasteiger partial charge in [-0.05, 0) is 19.1 Å². The van der Waals surface area contributed by atoms with Crippen molar-refractivity contribution in [1.29, 1.82) is 5.26 Å². The van der Waals surface area contributed by atoms with Gasteiger partial charge in [-0.3, -0.25) is 0 Å². The van der Waals surface area contributed by atoms with Crippen LogP contribution in [0.1, 0.15) is 12.5 Å². The number of nitrogens with one attached hydrogen (secondary N) is 1. The van der Waals surface area contributed by atoms with Gasteiger partial charge in [-0.2, -0.15) is 5.26 Å². The van der Waals surface area contributed by atoms with Gasteiger partial charge in [-0.25, -0.2) is 9.07 Å². The van der Waals surface area contributed by atoms with Crippen LogP contribution in [0.25, 0.3) is 5.69 Å². The van der Waals surface area contributed by atoms with Crippen molar-refractivity contribution in [3.8, 4) is 11.8 Å². The van der Waals surface area contributed by atoms with Crippen LogP contribution in [0.15, 0.2) is 18.2 Å².